The molecule has 1 aliphatic heterocycles. The van der Waals surface area contributed by atoms with Crippen LogP contribution in [-0.2, 0) is 10.0 Å². The van der Waals surface area contributed by atoms with Crippen molar-refractivity contribution in [3.63, 3.8) is 0 Å². The highest BCUT2D eigenvalue weighted by molar-refractivity contribution is 7.89. The van der Waals surface area contributed by atoms with Gasteiger partial charge in [-0.05, 0) is 61.1 Å². The standard InChI is InChI=1S/C23H25Cl2FN2O4S/c1-13(16-5-17(24)7-18(25)6-16)28-10-14(11-28)12-32-22-9-21(26)20(8-19(22)15-3-4-15)23(29)27-33(2,30)31/h5-9,13-15H,3-4,10-12H2,1-2H3,(H,27,29). The first-order valence-electron chi connectivity index (χ1n) is 10.7. The minimum Gasteiger partial charge on any atom is -0.493 e. The van der Waals surface area contributed by atoms with Crippen molar-refractivity contribution < 1.29 is 22.3 Å². The molecule has 178 valence electrons. The molecule has 4 rings (SSSR count). The minimum absolute atomic E-state index is 0.157. The van der Waals surface area contributed by atoms with Crippen LogP contribution in [0.4, 0.5) is 4.39 Å². The molecule has 1 amide bonds. The van der Waals surface area contributed by atoms with E-state index in [4.69, 9.17) is 27.9 Å². The molecule has 0 spiro atoms. The first-order chi connectivity index (χ1) is 15.5. The Hall–Kier alpha value is -1.87. The summed E-state index contributed by atoms with van der Waals surface area (Å²) >= 11 is 12.2. The van der Waals surface area contributed by atoms with Crippen molar-refractivity contribution in [2.24, 2.45) is 5.92 Å². The maximum Gasteiger partial charge on any atom is 0.267 e. The highest BCUT2D eigenvalue weighted by Gasteiger charge is 2.33. The van der Waals surface area contributed by atoms with Crippen molar-refractivity contribution in [1.29, 1.82) is 0 Å². The summed E-state index contributed by atoms with van der Waals surface area (Å²) in [6.45, 7) is 4.16. The van der Waals surface area contributed by atoms with Gasteiger partial charge in [0.1, 0.15) is 11.6 Å². The summed E-state index contributed by atoms with van der Waals surface area (Å²) in [6.07, 6.45) is 2.70. The number of hydrogen-bond acceptors (Lipinski definition) is 5. The van der Waals surface area contributed by atoms with E-state index in [2.05, 4.69) is 11.8 Å². The first kappa shape index (κ1) is 24.3. The lowest BCUT2D eigenvalue weighted by molar-refractivity contribution is 0.0307. The Morgan fingerprint density at radius 3 is 2.39 bits per heavy atom. The second-order valence-electron chi connectivity index (χ2n) is 8.86. The van der Waals surface area contributed by atoms with Gasteiger partial charge in [-0.25, -0.2) is 17.5 Å². The molecule has 0 bridgehead atoms. The Morgan fingerprint density at radius 1 is 1.18 bits per heavy atom. The number of nitrogens with zero attached hydrogens (tertiary/aromatic N) is 1. The zero-order chi connectivity index (χ0) is 23.9. The number of benzene rings is 2. The monoisotopic (exact) mass is 514 g/mol. The van der Waals surface area contributed by atoms with E-state index < -0.39 is 21.7 Å². The average Bonchev–Trinajstić information content (AvgIpc) is 3.49. The molecule has 1 aliphatic carbocycles. The fourth-order valence-electron chi connectivity index (χ4n) is 4.07. The van der Waals surface area contributed by atoms with Gasteiger partial charge in [0.05, 0.1) is 18.4 Å². The number of likely N-dealkylation sites (tertiary alicyclic amines) is 1. The number of sulfonamides is 1. The van der Waals surface area contributed by atoms with Crippen LogP contribution in [0.2, 0.25) is 10.0 Å². The van der Waals surface area contributed by atoms with Gasteiger partial charge in [0.25, 0.3) is 5.91 Å². The van der Waals surface area contributed by atoms with Crippen molar-refractivity contribution in [1.82, 2.24) is 9.62 Å². The molecule has 1 N–H and O–H groups in total. The van der Waals surface area contributed by atoms with E-state index in [1.807, 2.05) is 16.9 Å². The molecule has 2 aromatic rings. The molecule has 2 aromatic carbocycles. The Morgan fingerprint density at radius 2 is 1.82 bits per heavy atom. The number of carbonyl (C=O) groups excluding carboxylic acids is 1. The second kappa shape index (κ2) is 9.41. The molecule has 2 fully saturated rings. The molecule has 1 unspecified atom stereocenters. The lowest BCUT2D eigenvalue weighted by Crippen LogP contribution is -2.50. The van der Waals surface area contributed by atoms with E-state index in [0.717, 1.165) is 43.3 Å². The van der Waals surface area contributed by atoms with Crippen LogP contribution in [0.3, 0.4) is 0 Å². The lowest BCUT2D eigenvalue weighted by Gasteiger charge is -2.43. The van der Waals surface area contributed by atoms with Gasteiger partial charge in [0, 0.05) is 41.2 Å². The van der Waals surface area contributed by atoms with Gasteiger partial charge in [-0.1, -0.05) is 23.2 Å². The van der Waals surface area contributed by atoms with Crippen LogP contribution in [0.5, 0.6) is 5.75 Å². The Labute approximate surface area is 203 Å². The number of hydrogen-bond donors (Lipinski definition) is 1. The van der Waals surface area contributed by atoms with E-state index in [0.29, 0.717) is 22.4 Å². The molecule has 1 atom stereocenters. The molecule has 1 saturated carbocycles. The van der Waals surface area contributed by atoms with Crippen LogP contribution in [0.15, 0.2) is 30.3 Å². The summed E-state index contributed by atoms with van der Waals surface area (Å²) < 4.78 is 45.1. The summed E-state index contributed by atoms with van der Waals surface area (Å²) in [4.78, 5) is 14.5. The summed E-state index contributed by atoms with van der Waals surface area (Å²) in [6, 6.07) is 8.30. The zero-order valence-electron chi connectivity index (χ0n) is 18.3. The summed E-state index contributed by atoms with van der Waals surface area (Å²) in [5.74, 6) is -0.897. The topological polar surface area (TPSA) is 75.7 Å². The zero-order valence-corrected chi connectivity index (χ0v) is 20.6. The largest absolute Gasteiger partial charge is 0.493 e. The van der Waals surface area contributed by atoms with Crippen molar-refractivity contribution in [3.8, 4) is 5.75 Å². The highest BCUT2D eigenvalue weighted by atomic mass is 35.5. The summed E-state index contributed by atoms with van der Waals surface area (Å²) in [5, 5.41) is 1.21. The van der Waals surface area contributed by atoms with Crippen molar-refractivity contribution >= 4 is 39.1 Å². The third-order valence-electron chi connectivity index (χ3n) is 6.01. The average molecular weight is 515 g/mol. The lowest BCUT2D eigenvalue weighted by atomic mass is 9.95. The molecule has 6 nitrogen and oxygen atoms in total. The van der Waals surface area contributed by atoms with Crippen molar-refractivity contribution in [2.45, 2.75) is 31.7 Å². The van der Waals surface area contributed by atoms with Crippen LogP contribution in [0.1, 0.15) is 53.2 Å². The fourth-order valence-corrected chi connectivity index (χ4v) is 5.06. The summed E-state index contributed by atoms with van der Waals surface area (Å²) in [5.41, 5.74) is 1.50. The number of halogens is 3. The molecule has 10 heteroatoms. The van der Waals surface area contributed by atoms with E-state index >= 15 is 0 Å². The van der Waals surface area contributed by atoms with Gasteiger partial charge in [-0.15, -0.1) is 0 Å². The molecule has 1 heterocycles. The minimum atomic E-state index is -3.79. The van der Waals surface area contributed by atoms with E-state index in [-0.39, 0.29) is 23.4 Å². The molecule has 0 aromatic heterocycles. The van der Waals surface area contributed by atoms with Gasteiger partial charge < -0.3 is 4.74 Å². The molecule has 0 radical (unpaired) electrons. The van der Waals surface area contributed by atoms with Crippen LogP contribution in [0, 0.1) is 11.7 Å². The van der Waals surface area contributed by atoms with Crippen LogP contribution >= 0.6 is 23.2 Å². The molecule has 33 heavy (non-hydrogen) atoms. The van der Waals surface area contributed by atoms with Gasteiger partial charge in [-0.3, -0.25) is 9.69 Å². The number of rotatable bonds is 8. The van der Waals surface area contributed by atoms with E-state index in [1.54, 1.807) is 6.07 Å². The Bertz CT molecular complexity index is 1160. The van der Waals surface area contributed by atoms with Crippen LogP contribution in [-0.4, -0.2) is 45.2 Å². The number of ether oxygens (including phenoxy) is 1. The van der Waals surface area contributed by atoms with Gasteiger partial charge in [0.2, 0.25) is 10.0 Å². The first-order valence-corrected chi connectivity index (χ1v) is 13.3. The van der Waals surface area contributed by atoms with Crippen LogP contribution < -0.4 is 9.46 Å². The Kier molecular flexibility index (Phi) is 6.92. The van der Waals surface area contributed by atoms with Gasteiger partial charge in [-0.2, -0.15) is 0 Å². The number of amides is 1. The van der Waals surface area contributed by atoms with Crippen LogP contribution in [0.25, 0.3) is 0 Å². The molecular weight excluding hydrogens is 490 g/mol. The quantitative estimate of drug-likeness (QED) is 0.548. The maximum absolute atomic E-state index is 14.6. The molecule has 1 saturated heterocycles. The highest BCUT2D eigenvalue weighted by Crippen LogP contribution is 2.45. The number of carbonyl (C=O) groups is 1. The maximum atomic E-state index is 14.6. The predicted octanol–water partition coefficient (Wildman–Crippen LogP) is 4.77. The Balaban J connectivity index is 1.39. The smallest absolute Gasteiger partial charge is 0.267 e. The third-order valence-corrected chi connectivity index (χ3v) is 7.01. The van der Waals surface area contributed by atoms with E-state index in [1.165, 1.54) is 12.1 Å². The fraction of sp³-hybridized carbons (Fsp3) is 0.435. The second-order valence-corrected chi connectivity index (χ2v) is 11.5. The predicted molar refractivity (Wildman–Crippen MR) is 126 cm³/mol. The third kappa shape index (κ3) is 5.98. The van der Waals surface area contributed by atoms with Gasteiger partial charge in [0.15, 0.2) is 0 Å². The SMILES string of the molecule is CC(c1cc(Cl)cc(Cl)c1)N1CC(COc2cc(F)c(C(=O)NS(C)(=O)=O)cc2C2CC2)C1. The normalized spacial score (nSPS) is 18.0. The molecule has 2 aliphatic rings. The van der Waals surface area contributed by atoms with Gasteiger partial charge >= 0.3 is 0 Å². The molecular formula is C23H25Cl2FN2O4S. The van der Waals surface area contributed by atoms with E-state index in [9.17, 15) is 17.6 Å². The number of nitrogens with one attached hydrogen (secondary N) is 1. The van der Waals surface area contributed by atoms with Crippen molar-refractivity contribution in [2.75, 3.05) is 26.0 Å². The summed E-state index contributed by atoms with van der Waals surface area (Å²) in [7, 11) is -3.79. The van der Waals surface area contributed by atoms with Crippen molar-refractivity contribution in [3.05, 3.63) is 62.9 Å².